The van der Waals surface area contributed by atoms with Crippen LogP contribution in [0.2, 0.25) is 0 Å². The van der Waals surface area contributed by atoms with Gasteiger partial charge in [-0.25, -0.2) is 0 Å². The third-order valence-electron chi connectivity index (χ3n) is 3.91. The highest BCUT2D eigenvalue weighted by molar-refractivity contribution is 5.77. The van der Waals surface area contributed by atoms with Crippen molar-refractivity contribution >= 4 is 5.91 Å². The molecule has 0 bridgehead atoms. The zero-order valence-corrected chi connectivity index (χ0v) is 12.3. The van der Waals surface area contributed by atoms with E-state index in [1.54, 1.807) is 18.2 Å². The predicted octanol–water partition coefficient (Wildman–Crippen LogP) is 1.47. The quantitative estimate of drug-likeness (QED) is 0.907. The summed E-state index contributed by atoms with van der Waals surface area (Å²) in [5, 5.41) is 10.1. The van der Waals surface area contributed by atoms with Gasteiger partial charge in [0.05, 0.1) is 25.0 Å². The molecule has 2 rings (SSSR count). The first-order valence-corrected chi connectivity index (χ1v) is 7.17. The zero-order chi connectivity index (χ0) is 14.6. The summed E-state index contributed by atoms with van der Waals surface area (Å²) in [7, 11) is 1.79. The average molecular weight is 280 g/mol. The lowest BCUT2D eigenvalue weighted by atomic mass is 9.98. The summed E-state index contributed by atoms with van der Waals surface area (Å²) in [5.74, 6) is 0.877. The van der Waals surface area contributed by atoms with Gasteiger partial charge in [-0.3, -0.25) is 9.69 Å². The van der Waals surface area contributed by atoms with Crippen LogP contribution in [0.15, 0.2) is 22.8 Å². The lowest BCUT2D eigenvalue weighted by Crippen LogP contribution is -2.39. The van der Waals surface area contributed by atoms with Crippen molar-refractivity contribution in [3.63, 3.8) is 0 Å². The first-order chi connectivity index (χ1) is 9.46. The van der Waals surface area contributed by atoms with E-state index in [-0.39, 0.29) is 5.91 Å². The smallest absolute Gasteiger partial charge is 0.236 e. The van der Waals surface area contributed by atoms with E-state index in [4.69, 9.17) is 4.42 Å². The van der Waals surface area contributed by atoms with Crippen molar-refractivity contribution in [1.29, 1.82) is 0 Å². The molecule has 5 nitrogen and oxygen atoms in total. The molecule has 1 unspecified atom stereocenters. The second-order valence-corrected chi connectivity index (χ2v) is 5.96. The molecular formula is C15H24N2O3. The van der Waals surface area contributed by atoms with Crippen molar-refractivity contribution in [3.8, 4) is 0 Å². The molecule has 1 fully saturated rings. The second kappa shape index (κ2) is 6.41. The summed E-state index contributed by atoms with van der Waals surface area (Å²) in [6.45, 7) is 4.43. The number of carbonyl (C=O) groups excluding carboxylic acids is 1. The maximum atomic E-state index is 12.2. The van der Waals surface area contributed by atoms with Crippen LogP contribution in [-0.4, -0.2) is 53.1 Å². The van der Waals surface area contributed by atoms with Crippen molar-refractivity contribution in [1.82, 2.24) is 9.80 Å². The molecule has 1 aromatic rings. The number of amides is 1. The molecule has 1 atom stereocenters. The third kappa shape index (κ3) is 4.35. The van der Waals surface area contributed by atoms with Crippen LogP contribution in [0.3, 0.4) is 0 Å². The van der Waals surface area contributed by atoms with Crippen LogP contribution in [0.5, 0.6) is 0 Å². The molecule has 5 heteroatoms. The molecule has 1 aliphatic rings. The molecule has 0 aliphatic carbocycles. The summed E-state index contributed by atoms with van der Waals surface area (Å²) in [6.07, 6.45) is 4.08. The van der Waals surface area contributed by atoms with Gasteiger partial charge in [-0.15, -0.1) is 0 Å². The summed E-state index contributed by atoms with van der Waals surface area (Å²) in [5.41, 5.74) is -0.585. The molecule has 2 heterocycles. The molecule has 1 amide bonds. The summed E-state index contributed by atoms with van der Waals surface area (Å²) < 4.78 is 5.25. The Hall–Kier alpha value is -1.33. The molecule has 1 aliphatic heterocycles. The number of likely N-dealkylation sites (N-methyl/N-ethyl adjacent to an activating group) is 1. The normalized spacial score (nSPS) is 24.4. The number of likely N-dealkylation sites (tertiary alicyclic amines) is 1. The van der Waals surface area contributed by atoms with Crippen LogP contribution in [0.4, 0.5) is 0 Å². The minimum absolute atomic E-state index is 0.0861. The molecule has 1 N–H and O–H groups in total. The van der Waals surface area contributed by atoms with Crippen molar-refractivity contribution in [2.24, 2.45) is 0 Å². The van der Waals surface area contributed by atoms with Crippen LogP contribution < -0.4 is 0 Å². The molecule has 0 saturated carbocycles. The van der Waals surface area contributed by atoms with Gasteiger partial charge in [-0.05, 0) is 44.9 Å². The lowest BCUT2D eigenvalue weighted by Gasteiger charge is -2.24. The van der Waals surface area contributed by atoms with Gasteiger partial charge in [-0.2, -0.15) is 0 Å². The minimum atomic E-state index is -0.585. The van der Waals surface area contributed by atoms with Crippen LogP contribution in [0.1, 0.15) is 31.9 Å². The predicted molar refractivity (Wildman–Crippen MR) is 76.1 cm³/mol. The fourth-order valence-corrected chi connectivity index (χ4v) is 2.51. The van der Waals surface area contributed by atoms with Crippen LogP contribution in [0, 0.1) is 0 Å². The van der Waals surface area contributed by atoms with E-state index < -0.39 is 5.60 Å². The molecule has 20 heavy (non-hydrogen) atoms. The molecule has 0 radical (unpaired) electrons. The van der Waals surface area contributed by atoms with E-state index in [0.717, 1.165) is 38.1 Å². The Morgan fingerprint density at radius 2 is 2.30 bits per heavy atom. The molecule has 0 aromatic carbocycles. The minimum Gasteiger partial charge on any atom is -0.467 e. The number of hydrogen-bond donors (Lipinski definition) is 1. The van der Waals surface area contributed by atoms with E-state index in [9.17, 15) is 9.90 Å². The highest BCUT2D eigenvalue weighted by Gasteiger charge is 2.26. The standard InChI is InChI=1S/C15H24N2O3/c1-15(19)6-4-8-17(9-7-15)12-14(18)16(2)11-13-5-3-10-20-13/h3,5,10,19H,4,6-9,11-12H2,1-2H3. The summed E-state index contributed by atoms with van der Waals surface area (Å²) >= 11 is 0. The van der Waals surface area contributed by atoms with Crippen LogP contribution >= 0.6 is 0 Å². The van der Waals surface area contributed by atoms with Crippen LogP contribution in [-0.2, 0) is 11.3 Å². The van der Waals surface area contributed by atoms with Gasteiger partial charge < -0.3 is 14.4 Å². The average Bonchev–Trinajstić information content (AvgIpc) is 2.82. The van der Waals surface area contributed by atoms with E-state index in [2.05, 4.69) is 4.90 Å². The number of nitrogens with zero attached hydrogens (tertiary/aromatic N) is 2. The largest absolute Gasteiger partial charge is 0.467 e. The second-order valence-electron chi connectivity index (χ2n) is 5.96. The topological polar surface area (TPSA) is 56.9 Å². The fraction of sp³-hybridized carbons (Fsp3) is 0.667. The van der Waals surface area contributed by atoms with Crippen molar-refractivity contribution in [3.05, 3.63) is 24.2 Å². The van der Waals surface area contributed by atoms with Gasteiger partial charge in [0.25, 0.3) is 0 Å². The van der Waals surface area contributed by atoms with Crippen molar-refractivity contribution in [2.45, 2.75) is 38.3 Å². The Morgan fingerprint density at radius 3 is 3.00 bits per heavy atom. The lowest BCUT2D eigenvalue weighted by molar-refractivity contribution is -0.131. The Labute approximate surface area is 120 Å². The van der Waals surface area contributed by atoms with E-state index in [1.165, 1.54) is 0 Å². The summed E-state index contributed by atoms with van der Waals surface area (Å²) in [6, 6.07) is 3.69. The van der Waals surface area contributed by atoms with E-state index >= 15 is 0 Å². The first-order valence-electron chi connectivity index (χ1n) is 7.17. The maximum absolute atomic E-state index is 12.2. The van der Waals surface area contributed by atoms with Gasteiger partial charge in [0.2, 0.25) is 5.91 Å². The van der Waals surface area contributed by atoms with E-state index in [0.29, 0.717) is 13.1 Å². The van der Waals surface area contributed by atoms with Crippen LogP contribution in [0.25, 0.3) is 0 Å². The fourth-order valence-electron chi connectivity index (χ4n) is 2.51. The summed E-state index contributed by atoms with van der Waals surface area (Å²) in [4.78, 5) is 16.0. The SMILES string of the molecule is CN(Cc1ccco1)C(=O)CN1CCCC(C)(O)CC1. The Balaban J connectivity index is 1.81. The first kappa shape index (κ1) is 15.1. The number of hydrogen-bond acceptors (Lipinski definition) is 4. The number of aliphatic hydroxyl groups is 1. The highest BCUT2D eigenvalue weighted by atomic mass is 16.3. The van der Waals surface area contributed by atoms with Gasteiger partial charge in [0, 0.05) is 13.6 Å². The van der Waals surface area contributed by atoms with Gasteiger partial charge in [0.15, 0.2) is 0 Å². The van der Waals surface area contributed by atoms with Gasteiger partial charge in [-0.1, -0.05) is 0 Å². The molecule has 0 spiro atoms. The number of furan rings is 1. The number of rotatable bonds is 4. The highest BCUT2D eigenvalue weighted by Crippen LogP contribution is 2.21. The number of carbonyl (C=O) groups is 1. The van der Waals surface area contributed by atoms with Crippen molar-refractivity contribution < 1.29 is 14.3 Å². The molecule has 1 aromatic heterocycles. The molecule has 1 saturated heterocycles. The maximum Gasteiger partial charge on any atom is 0.236 e. The van der Waals surface area contributed by atoms with E-state index in [1.807, 2.05) is 19.1 Å². The van der Waals surface area contributed by atoms with Crippen molar-refractivity contribution in [2.75, 3.05) is 26.7 Å². The molecular weight excluding hydrogens is 256 g/mol. The van der Waals surface area contributed by atoms with Gasteiger partial charge in [0.1, 0.15) is 5.76 Å². The molecule has 112 valence electrons. The third-order valence-corrected chi connectivity index (χ3v) is 3.91. The zero-order valence-electron chi connectivity index (χ0n) is 12.3. The monoisotopic (exact) mass is 280 g/mol. The Morgan fingerprint density at radius 1 is 1.50 bits per heavy atom. The van der Waals surface area contributed by atoms with Gasteiger partial charge >= 0.3 is 0 Å². The Kier molecular flexibility index (Phi) is 4.83. The Bertz CT molecular complexity index is 428.